The summed E-state index contributed by atoms with van der Waals surface area (Å²) in [7, 11) is 0. The predicted molar refractivity (Wildman–Crippen MR) is 197 cm³/mol. The van der Waals surface area contributed by atoms with Crippen molar-refractivity contribution in [1.82, 2.24) is 16.0 Å². The Balaban J connectivity index is 1.46. The van der Waals surface area contributed by atoms with Gasteiger partial charge < -0.3 is 36.6 Å². The van der Waals surface area contributed by atoms with Crippen molar-refractivity contribution in [3.05, 3.63) is 22.8 Å². The van der Waals surface area contributed by atoms with Crippen LogP contribution in [0.2, 0.25) is 0 Å². The number of aliphatic hydroxyl groups excluding tert-OH is 1. The fourth-order valence-corrected chi connectivity index (χ4v) is 11.4. The smallest absolute Gasteiger partial charge is 0.331 e. The lowest BCUT2D eigenvalue weighted by Gasteiger charge is -2.69. The highest BCUT2D eigenvalue weighted by Crippen LogP contribution is 2.74. The molecule has 0 aromatic rings. The van der Waals surface area contributed by atoms with Gasteiger partial charge in [-0.2, -0.15) is 0 Å². The van der Waals surface area contributed by atoms with Crippen molar-refractivity contribution in [2.24, 2.45) is 45.7 Å². The molecule has 10 atom stereocenters. The van der Waals surface area contributed by atoms with Crippen molar-refractivity contribution in [2.75, 3.05) is 39.3 Å². The monoisotopic (exact) mass is 687 g/mol. The summed E-state index contributed by atoms with van der Waals surface area (Å²) in [5, 5.41) is 33.7. The summed E-state index contributed by atoms with van der Waals surface area (Å²) in [5.74, 6) is -0.321. The zero-order chi connectivity index (χ0) is 36.0. The fourth-order valence-electron chi connectivity index (χ4n) is 11.4. The molecule has 0 radical (unpaired) electrons. The molecule has 49 heavy (non-hydrogen) atoms. The maximum Gasteiger partial charge on any atom is 0.331 e. The molecule has 4 unspecified atom stereocenters. The number of hydrogen-bond acceptors (Lipinski definition) is 8. The second-order valence-corrected chi connectivity index (χ2v) is 17.0. The van der Waals surface area contributed by atoms with Crippen LogP contribution in [0.15, 0.2) is 22.8 Å². The summed E-state index contributed by atoms with van der Waals surface area (Å²) in [6.07, 6.45) is 10.7. The van der Waals surface area contributed by atoms with Crippen LogP contribution in [0.1, 0.15) is 119 Å². The summed E-state index contributed by atoms with van der Waals surface area (Å²) in [6.45, 7) is 20.9. The molecule has 0 bridgehead atoms. The van der Waals surface area contributed by atoms with E-state index in [1.54, 1.807) is 0 Å². The van der Waals surface area contributed by atoms with Gasteiger partial charge in [0.05, 0.1) is 6.10 Å². The molecule has 0 heterocycles. The number of carboxylic acid groups (broad SMARTS) is 1. The topological polar surface area (TPSA) is 146 Å². The fraction of sp³-hybridized carbons (Fsp3) is 0.850. The van der Waals surface area contributed by atoms with Gasteiger partial charge in [-0.1, -0.05) is 39.3 Å². The van der Waals surface area contributed by atoms with Gasteiger partial charge in [-0.05, 0) is 169 Å². The Hall–Kier alpha value is -1.78. The summed E-state index contributed by atoms with van der Waals surface area (Å²) in [6, 6.07) is 0.478. The number of ether oxygens (including phenoxy) is 1. The van der Waals surface area contributed by atoms with Crippen LogP contribution in [-0.2, 0) is 14.3 Å². The second kappa shape index (κ2) is 17.2. The predicted octanol–water partition coefficient (Wildman–Crippen LogP) is 5.57. The number of carboxylic acids is 1. The van der Waals surface area contributed by atoms with E-state index in [-0.39, 0.29) is 34.1 Å². The molecule has 280 valence electrons. The molecule has 7 N–H and O–H groups in total. The Labute approximate surface area is 297 Å². The van der Waals surface area contributed by atoms with E-state index in [0.29, 0.717) is 49.1 Å². The highest BCUT2D eigenvalue weighted by atomic mass is 16.5. The van der Waals surface area contributed by atoms with Crippen molar-refractivity contribution in [3.8, 4) is 0 Å². The first-order valence-corrected chi connectivity index (χ1v) is 19.5. The van der Waals surface area contributed by atoms with E-state index in [9.17, 15) is 19.8 Å². The molecule has 4 saturated carbocycles. The number of aliphatic hydroxyl groups is 1. The lowest BCUT2D eigenvalue weighted by Crippen LogP contribution is -2.66. The van der Waals surface area contributed by atoms with Crippen molar-refractivity contribution < 1.29 is 24.5 Å². The number of aliphatic carboxylic acids is 1. The lowest BCUT2D eigenvalue weighted by atomic mass is 9.36. The third-order valence-corrected chi connectivity index (χ3v) is 13.8. The minimum atomic E-state index is -0.933. The third kappa shape index (κ3) is 8.48. The van der Waals surface area contributed by atoms with Crippen LogP contribution in [0.25, 0.3) is 0 Å². The Kier molecular flexibility index (Phi) is 14.0. The number of nitrogens with one attached hydrogen (secondary N) is 3. The molecule has 0 aliphatic heterocycles. The number of hydrogen-bond donors (Lipinski definition) is 6. The molecule has 4 fully saturated rings. The zero-order valence-electron chi connectivity index (χ0n) is 31.8. The summed E-state index contributed by atoms with van der Waals surface area (Å²) in [5.41, 5.74) is 7.32. The number of rotatable bonds is 17. The Bertz CT molecular complexity index is 1200. The van der Waals surface area contributed by atoms with Gasteiger partial charge in [0, 0.05) is 18.5 Å². The molecule has 0 aromatic carbocycles. The number of esters is 1. The van der Waals surface area contributed by atoms with Crippen molar-refractivity contribution in [2.45, 2.75) is 137 Å². The first-order valence-electron chi connectivity index (χ1n) is 19.5. The van der Waals surface area contributed by atoms with Crippen molar-refractivity contribution in [3.63, 3.8) is 0 Å². The molecular weight excluding hydrogens is 616 g/mol. The van der Waals surface area contributed by atoms with Crippen LogP contribution in [0.3, 0.4) is 0 Å². The molecule has 4 aliphatic rings. The van der Waals surface area contributed by atoms with Crippen LogP contribution >= 0.6 is 0 Å². The molecule has 9 nitrogen and oxygen atoms in total. The maximum atomic E-state index is 12.8. The van der Waals surface area contributed by atoms with Gasteiger partial charge in [0.25, 0.3) is 0 Å². The average Bonchev–Trinajstić information content (AvgIpc) is 3.29. The number of fused-ring (bicyclic) bond motifs is 5. The van der Waals surface area contributed by atoms with Crippen molar-refractivity contribution >= 4 is 11.9 Å². The van der Waals surface area contributed by atoms with Crippen LogP contribution in [0.4, 0.5) is 0 Å². The highest BCUT2D eigenvalue weighted by Gasteiger charge is 2.70. The van der Waals surface area contributed by atoms with Gasteiger partial charge in [-0.15, -0.1) is 0 Å². The summed E-state index contributed by atoms with van der Waals surface area (Å²) >= 11 is 0. The van der Waals surface area contributed by atoms with Gasteiger partial charge in [0.1, 0.15) is 6.10 Å². The molecule has 0 saturated heterocycles. The third-order valence-electron chi connectivity index (χ3n) is 13.8. The van der Waals surface area contributed by atoms with Crippen LogP contribution in [0, 0.1) is 39.9 Å². The van der Waals surface area contributed by atoms with E-state index in [1.165, 1.54) is 6.92 Å². The van der Waals surface area contributed by atoms with Gasteiger partial charge in [-0.3, -0.25) is 4.79 Å². The summed E-state index contributed by atoms with van der Waals surface area (Å²) < 4.78 is 5.98. The molecule has 0 amide bonds. The second-order valence-electron chi connectivity index (χ2n) is 17.0. The average molecular weight is 687 g/mol. The van der Waals surface area contributed by atoms with E-state index in [0.717, 1.165) is 95.4 Å². The first-order chi connectivity index (χ1) is 23.2. The van der Waals surface area contributed by atoms with Gasteiger partial charge in [-0.25, -0.2) is 4.79 Å². The van der Waals surface area contributed by atoms with E-state index in [4.69, 9.17) is 10.5 Å². The first kappa shape index (κ1) is 40.0. The normalized spacial score (nSPS) is 37.9. The number of nitrogens with two attached hydrogens (primary N) is 1. The van der Waals surface area contributed by atoms with E-state index in [2.05, 4.69) is 49.7 Å². The minimum absolute atomic E-state index is 0.0137. The molecule has 4 aliphatic carbocycles. The van der Waals surface area contributed by atoms with E-state index < -0.39 is 18.2 Å². The number of allylic oxidation sites excluding steroid dienone is 2. The Morgan fingerprint density at radius 2 is 1.61 bits per heavy atom. The number of carbonyl (C=O) groups is 2. The molecular formula is C40H70N4O5. The Morgan fingerprint density at radius 3 is 2.22 bits per heavy atom. The van der Waals surface area contributed by atoms with E-state index >= 15 is 0 Å². The molecule has 9 heteroatoms. The largest absolute Gasteiger partial charge is 0.478 e. The summed E-state index contributed by atoms with van der Waals surface area (Å²) in [4.78, 5) is 25.2. The molecule has 0 aromatic heterocycles. The standard InChI is InChI=1S/C40H70N4O5/c1-26(2)12-8-13-29(37(47)48)35-31-24-33(46)36-38(5)16-15-32(44-23-11-22-43-21-10-20-42-19-9-18-41)27(3)30(38)14-17-39(36,6)40(31,7)25-34(35)49-28(4)45/h12,27,30-34,36,42-44,46H,8-11,13-25,41H2,1-7H3,(H,47,48)/t27-,30?,31?,32?,33+,34-,36?,38+,39-,40-/m0/s1. The van der Waals surface area contributed by atoms with Crippen LogP contribution in [0.5, 0.6) is 0 Å². The lowest BCUT2D eigenvalue weighted by molar-refractivity contribution is -0.227. The highest BCUT2D eigenvalue weighted by molar-refractivity contribution is 5.88. The quantitative estimate of drug-likeness (QED) is 0.0501. The van der Waals surface area contributed by atoms with Crippen LogP contribution < -0.4 is 21.7 Å². The van der Waals surface area contributed by atoms with Gasteiger partial charge in [0.2, 0.25) is 0 Å². The van der Waals surface area contributed by atoms with Crippen molar-refractivity contribution in [1.29, 1.82) is 0 Å². The van der Waals surface area contributed by atoms with Crippen LogP contribution in [-0.4, -0.2) is 79.7 Å². The molecule has 0 spiro atoms. The zero-order valence-corrected chi connectivity index (χ0v) is 31.8. The molecule has 4 rings (SSSR count). The van der Waals surface area contributed by atoms with Gasteiger partial charge >= 0.3 is 11.9 Å². The Morgan fingerprint density at radius 1 is 0.959 bits per heavy atom. The van der Waals surface area contributed by atoms with E-state index in [1.807, 2.05) is 13.8 Å². The number of carbonyl (C=O) groups excluding carboxylic acids is 1. The maximum absolute atomic E-state index is 12.8. The minimum Gasteiger partial charge on any atom is -0.478 e. The van der Waals surface area contributed by atoms with Gasteiger partial charge in [0.15, 0.2) is 0 Å². The SMILES string of the molecule is CC(=O)O[C@H]1C[C@@]2(C)C(C[C@@H](O)C3[C@]4(C)CCC(NCCCNCCCNCCCN)[C@@H](C)C4CC[C@@]32C)C1=C(CCC=C(C)C)C(=O)O.